The fourth-order valence-corrected chi connectivity index (χ4v) is 2.20. The van der Waals surface area contributed by atoms with Gasteiger partial charge in [0, 0.05) is 26.1 Å². The first kappa shape index (κ1) is 15.7. The highest BCUT2D eigenvalue weighted by Gasteiger charge is 2.23. The Morgan fingerprint density at radius 1 is 1.47 bits per heavy atom. The first-order valence-corrected chi connectivity index (χ1v) is 6.67. The lowest BCUT2D eigenvalue weighted by Gasteiger charge is -2.16. The number of nitrogens with one attached hydrogen (secondary N) is 2. The minimum atomic E-state index is -1.14. The van der Waals surface area contributed by atoms with Crippen LogP contribution in [0.3, 0.4) is 0 Å². The fourth-order valence-electron chi connectivity index (χ4n) is 2.20. The molecule has 2 unspecified atom stereocenters. The number of carboxylic acids is 1. The second-order valence-electron chi connectivity index (χ2n) is 4.81. The predicted octanol–water partition coefficient (Wildman–Crippen LogP) is -0.537. The molecule has 110 valence electrons. The summed E-state index contributed by atoms with van der Waals surface area (Å²) in [5.74, 6) is -0.714. The van der Waals surface area contributed by atoms with Gasteiger partial charge in [0.25, 0.3) is 0 Å². The molecule has 1 saturated heterocycles. The van der Waals surface area contributed by atoms with Gasteiger partial charge in [0.05, 0.1) is 0 Å². The van der Waals surface area contributed by atoms with Gasteiger partial charge >= 0.3 is 12.0 Å². The van der Waals surface area contributed by atoms with E-state index < -0.39 is 18.0 Å². The molecule has 0 aromatic heterocycles. The molecule has 1 aliphatic rings. The first-order chi connectivity index (χ1) is 9.06. The van der Waals surface area contributed by atoms with Crippen LogP contribution in [-0.2, 0) is 4.79 Å². The van der Waals surface area contributed by atoms with Gasteiger partial charge in [-0.25, -0.2) is 9.59 Å². The topological polar surface area (TPSA) is 102 Å². The molecule has 1 aliphatic heterocycles. The van der Waals surface area contributed by atoms with E-state index in [0.717, 1.165) is 26.1 Å². The Bertz CT molecular complexity index is 311. The van der Waals surface area contributed by atoms with Gasteiger partial charge in [-0.2, -0.15) is 0 Å². The van der Waals surface area contributed by atoms with Crippen LogP contribution in [-0.4, -0.2) is 65.9 Å². The number of aliphatic hydroxyl groups excluding tert-OH is 1. The maximum atomic E-state index is 11.6. The van der Waals surface area contributed by atoms with E-state index in [2.05, 4.69) is 22.5 Å². The summed E-state index contributed by atoms with van der Waals surface area (Å²) in [5.41, 5.74) is 0. The fraction of sp³-hybridized carbons (Fsp3) is 0.833. The Balaban J connectivity index is 2.25. The van der Waals surface area contributed by atoms with Gasteiger partial charge in [-0.1, -0.05) is 6.92 Å². The number of carboxylic acid groups (broad SMARTS) is 1. The van der Waals surface area contributed by atoms with Crippen LogP contribution in [0.25, 0.3) is 0 Å². The largest absolute Gasteiger partial charge is 0.480 e. The molecule has 0 radical (unpaired) electrons. The molecular weight excluding hydrogens is 250 g/mol. The molecule has 0 aliphatic carbocycles. The Hall–Kier alpha value is -1.34. The van der Waals surface area contributed by atoms with E-state index in [1.165, 1.54) is 0 Å². The van der Waals surface area contributed by atoms with Crippen molar-refractivity contribution in [1.82, 2.24) is 15.5 Å². The van der Waals surface area contributed by atoms with Gasteiger partial charge in [-0.15, -0.1) is 0 Å². The van der Waals surface area contributed by atoms with Gasteiger partial charge < -0.3 is 25.7 Å². The summed E-state index contributed by atoms with van der Waals surface area (Å²) in [5, 5.41) is 22.6. The zero-order valence-electron chi connectivity index (χ0n) is 11.3. The number of aliphatic hydroxyl groups is 1. The number of amides is 2. The number of nitrogens with zero attached hydrogens (tertiary/aromatic N) is 1. The molecule has 0 aromatic carbocycles. The number of carbonyl (C=O) groups excluding carboxylic acids is 1. The van der Waals surface area contributed by atoms with Gasteiger partial charge in [-0.3, -0.25) is 0 Å². The number of carbonyl (C=O) groups is 2. The molecular formula is C12H23N3O4. The number of aliphatic carboxylic acids is 1. The second kappa shape index (κ2) is 7.96. The van der Waals surface area contributed by atoms with Crippen LogP contribution in [0, 0.1) is 5.92 Å². The lowest BCUT2D eigenvalue weighted by atomic mass is 10.1. The summed E-state index contributed by atoms with van der Waals surface area (Å²) in [6.45, 7) is 5.41. The lowest BCUT2D eigenvalue weighted by molar-refractivity contribution is -0.139. The number of rotatable bonds is 7. The molecule has 4 N–H and O–H groups in total. The van der Waals surface area contributed by atoms with E-state index in [9.17, 15) is 9.59 Å². The van der Waals surface area contributed by atoms with Gasteiger partial charge in [-0.05, 0) is 25.4 Å². The Morgan fingerprint density at radius 2 is 2.21 bits per heavy atom. The van der Waals surface area contributed by atoms with Crippen molar-refractivity contribution in [2.75, 3.05) is 32.8 Å². The molecule has 1 heterocycles. The number of hydrogen-bond acceptors (Lipinski definition) is 4. The minimum Gasteiger partial charge on any atom is -0.480 e. The Kier molecular flexibility index (Phi) is 6.58. The average Bonchev–Trinajstić information content (AvgIpc) is 2.83. The highest BCUT2D eigenvalue weighted by Crippen LogP contribution is 2.14. The van der Waals surface area contributed by atoms with Crippen molar-refractivity contribution in [3.05, 3.63) is 0 Å². The third-order valence-electron chi connectivity index (χ3n) is 3.39. The van der Waals surface area contributed by atoms with Crippen molar-refractivity contribution >= 4 is 12.0 Å². The van der Waals surface area contributed by atoms with E-state index >= 15 is 0 Å². The molecule has 0 saturated carbocycles. The summed E-state index contributed by atoms with van der Waals surface area (Å²) in [6.07, 6.45) is 1.06. The summed E-state index contributed by atoms with van der Waals surface area (Å²) in [7, 11) is 0. The van der Waals surface area contributed by atoms with Crippen LogP contribution in [0.2, 0.25) is 0 Å². The molecule has 1 fully saturated rings. The van der Waals surface area contributed by atoms with E-state index in [0.29, 0.717) is 12.5 Å². The van der Waals surface area contributed by atoms with Crippen molar-refractivity contribution in [2.45, 2.75) is 25.8 Å². The van der Waals surface area contributed by atoms with Gasteiger partial charge in [0.1, 0.15) is 6.04 Å². The molecule has 7 heteroatoms. The molecule has 2 atom stereocenters. The number of likely N-dealkylation sites (tertiary alicyclic amines) is 1. The van der Waals surface area contributed by atoms with Crippen LogP contribution < -0.4 is 10.6 Å². The van der Waals surface area contributed by atoms with Gasteiger partial charge in [0.2, 0.25) is 0 Å². The molecule has 0 bridgehead atoms. The van der Waals surface area contributed by atoms with Crippen LogP contribution >= 0.6 is 0 Å². The van der Waals surface area contributed by atoms with Crippen molar-refractivity contribution in [2.24, 2.45) is 5.92 Å². The van der Waals surface area contributed by atoms with E-state index in [4.69, 9.17) is 10.2 Å². The molecule has 19 heavy (non-hydrogen) atoms. The second-order valence-corrected chi connectivity index (χ2v) is 4.81. The van der Waals surface area contributed by atoms with Crippen LogP contribution in [0.1, 0.15) is 19.8 Å². The molecule has 2 amide bonds. The standard InChI is InChI=1S/C12H23N3O4/c1-2-15-5-3-9(8-15)7-13-12(19)14-10(4-6-16)11(17)18/h9-10,16H,2-8H2,1H3,(H,17,18)(H2,13,14,19). The zero-order chi connectivity index (χ0) is 14.3. The van der Waals surface area contributed by atoms with Crippen LogP contribution in [0.4, 0.5) is 4.79 Å². The maximum absolute atomic E-state index is 11.6. The van der Waals surface area contributed by atoms with E-state index in [-0.39, 0.29) is 13.0 Å². The van der Waals surface area contributed by atoms with Crippen molar-refractivity contribution in [3.63, 3.8) is 0 Å². The Morgan fingerprint density at radius 3 is 2.74 bits per heavy atom. The summed E-state index contributed by atoms with van der Waals surface area (Å²) >= 11 is 0. The average molecular weight is 273 g/mol. The third-order valence-corrected chi connectivity index (χ3v) is 3.39. The van der Waals surface area contributed by atoms with E-state index in [1.807, 2.05) is 0 Å². The van der Waals surface area contributed by atoms with Crippen molar-refractivity contribution in [1.29, 1.82) is 0 Å². The summed E-state index contributed by atoms with van der Waals surface area (Å²) in [4.78, 5) is 24.7. The van der Waals surface area contributed by atoms with Crippen LogP contribution in [0.15, 0.2) is 0 Å². The molecule has 0 aromatic rings. The van der Waals surface area contributed by atoms with Crippen LogP contribution in [0.5, 0.6) is 0 Å². The summed E-state index contributed by atoms with van der Waals surface area (Å²) in [6, 6.07) is -1.53. The SMILES string of the molecule is CCN1CCC(CNC(=O)NC(CCO)C(=O)O)C1. The molecule has 1 rings (SSSR count). The monoisotopic (exact) mass is 273 g/mol. The number of urea groups is 1. The predicted molar refractivity (Wildman–Crippen MR) is 69.9 cm³/mol. The van der Waals surface area contributed by atoms with Crippen molar-refractivity contribution < 1.29 is 19.8 Å². The third kappa shape index (κ3) is 5.44. The molecule has 7 nitrogen and oxygen atoms in total. The van der Waals surface area contributed by atoms with Gasteiger partial charge in [0.15, 0.2) is 0 Å². The maximum Gasteiger partial charge on any atom is 0.326 e. The highest BCUT2D eigenvalue weighted by atomic mass is 16.4. The first-order valence-electron chi connectivity index (χ1n) is 6.67. The zero-order valence-corrected chi connectivity index (χ0v) is 11.3. The highest BCUT2D eigenvalue weighted by molar-refractivity contribution is 5.82. The molecule has 0 spiro atoms. The summed E-state index contributed by atoms with van der Waals surface area (Å²) < 4.78 is 0. The quantitative estimate of drug-likeness (QED) is 0.499. The number of hydrogen-bond donors (Lipinski definition) is 4. The smallest absolute Gasteiger partial charge is 0.326 e. The normalized spacial score (nSPS) is 21.1. The minimum absolute atomic E-state index is 0.00972. The van der Waals surface area contributed by atoms with E-state index in [1.54, 1.807) is 0 Å². The Labute approximate surface area is 113 Å². The van der Waals surface area contributed by atoms with Crippen molar-refractivity contribution in [3.8, 4) is 0 Å². The lowest BCUT2D eigenvalue weighted by Crippen LogP contribution is -2.47.